The van der Waals surface area contributed by atoms with Gasteiger partial charge in [0.1, 0.15) is 5.75 Å². The van der Waals surface area contributed by atoms with Crippen molar-refractivity contribution < 1.29 is 9.53 Å². The Bertz CT molecular complexity index is 1170. The molecule has 0 bridgehead atoms. The smallest absolute Gasteiger partial charge is 0.262 e. The van der Waals surface area contributed by atoms with Crippen LogP contribution in [-0.2, 0) is 0 Å². The lowest BCUT2D eigenvalue weighted by atomic mass is 10.0. The highest BCUT2D eigenvalue weighted by atomic mass is 35.5. The highest BCUT2D eigenvalue weighted by Gasteiger charge is 2.24. The second-order valence-electron chi connectivity index (χ2n) is 6.85. The van der Waals surface area contributed by atoms with Gasteiger partial charge in [-0.2, -0.15) is 0 Å². The van der Waals surface area contributed by atoms with E-state index in [9.17, 15) is 4.79 Å². The molecule has 0 aliphatic rings. The largest absolute Gasteiger partial charge is 0.497 e. The zero-order valence-electron chi connectivity index (χ0n) is 16.8. The van der Waals surface area contributed by atoms with Crippen LogP contribution in [0.25, 0.3) is 11.1 Å². The van der Waals surface area contributed by atoms with Crippen LogP contribution in [0.4, 0.5) is 11.4 Å². The minimum Gasteiger partial charge on any atom is -0.497 e. The molecule has 0 aromatic heterocycles. The molecule has 0 saturated carbocycles. The van der Waals surface area contributed by atoms with Gasteiger partial charge in [0.05, 0.1) is 22.8 Å². The fourth-order valence-electron chi connectivity index (χ4n) is 3.35. The van der Waals surface area contributed by atoms with Crippen LogP contribution in [0, 0.1) is 0 Å². The van der Waals surface area contributed by atoms with Crippen molar-refractivity contribution in [2.75, 3.05) is 12.0 Å². The number of nitrogens with zero attached hydrogens (tertiary/aromatic N) is 1. The fraction of sp³-hybridized carbons (Fsp3) is 0.0385. The Labute approximate surface area is 191 Å². The van der Waals surface area contributed by atoms with Crippen LogP contribution in [0.5, 0.6) is 5.75 Å². The lowest BCUT2D eigenvalue weighted by Crippen LogP contribution is -2.26. The maximum absolute atomic E-state index is 13.6. The van der Waals surface area contributed by atoms with Gasteiger partial charge in [0.25, 0.3) is 5.91 Å². The third-order valence-corrected chi connectivity index (χ3v) is 5.54. The molecular weight excluding hydrogens is 429 g/mol. The molecule has 0 heterocycles. The van der Waals surface area contributed by atoms with Crippen molar-refractivity contribution in [3.63, 3.8) is 0 Å². The molecule has 0 saturated heterocycles. The van der Waals surface area contributed by atoms with E-state index in [2.05, 4.69) is 0 Å². The summed E-state index contributed by atoms with van der Waals surface area (Å²) in [6.45, 7) is 0. The third kappa shape index (κ3) is 4.43. The molecule has 5 heteroatoms. The monoisotopic (exact) mass is 447 g/mol. The Kier molecular flexibility index (Phi) is 6.26. The lowest BCUT2D eigenvalue weighted by molar-refractivity contribution is 0.0999. The predicted octanol–water partition coefficient (Wildman–Crippen LogP) is 7.65. The molecule has 0 fully saturated rings. The molecule has 0 aliphatic carbocycles. The normalized spacial score (nSPS) is 10.5. The van der Waals surface area contributed by atoms with Gasteiger partial charge >= 0.3 is 0 Å². The summed E-state index contributed by atoms with van der Waals surface area (Å²) in [5.74, 6) is 0.452. The number of anilines is 2. The zero-order valence-corrected chi connectivity index (χ0v) is 18.3. The molecule has 154 valence electrons. The number of carbonyl (C=O) groups is 1. The van der Waals surface area contributed by atoms with Crippen LogP contribution >= 0.6 is 23.2 Å². The van der Waals surface area contributed by atoms with Gasteiger partial charge in [-0.15, -0.1) is 0 Å². The average Bonchev–Trinajstić information content (AvgIpc) is 2.82. The van der Waals surface area contributed by atoms with E-state index in [-0.39, 0.29) is 5.91 Å². The lowest BCUT2D eigenvalue weighted by Gasteiger charge is -2.25. The highest BCUT2D eigenvalue weighted by molar-refractivity contribution is 6.40. The summed E-state index contributed by atoms with van der Waals surface area (Å²) < 4.78 is 5.25. The maximum Gasteiger partial charge on any atom is 0.262 e. The number of hydrogen-bond acceptors (Lipinski definition) is 2. The Morgan fingerprint density at radius 1 is 0.710 bits per heavy atom. The third-order valence-electron chi connectivity index (χ3n) is 4.93. The van der Waals surface area contributed by atoms with Crippen molar-refractivity contribution in [2.45, 2.75) is 0 Å². The van der Waals surface area contributed by atoms with E-state index in [1.165, 1.54) is 4.90 Å². The van der Waals surface area contributed by atoms with Gasteiger partial charge < -0.3 is 4.74 Å². The molecule has 0 aliphatic heterocycles. The van der Waals surface area contributed by atoms with Crippen molar-refractivity contribution in [3.05, 3.63) is 113 Å². The van der Waals surface area contributed by atoms with Crippen molar-refractivity contribution >= 4 is 40.5 Å². The van der Waals surface area contributed by atoms with Crippen LogP contribution < -0.4 is 9.64 Å². The number of ether oxygens (including phenoxy) is 1. The minimum atomic E-state index is -0.236. The van der Waals surface area contributed by atoms with Crippen LogP contribution in [0.15, 0.2) is 97.1 Å². The number of para-hydroxylation sites is 1. The second kappa shape index (κ2) is 9.25. The van der Waals surface area contributed by atoms with E-state index in [1.54, 1.807) is 49.6 Å². The molecule has 0 N–H and O–H groups in total. The Balaban J connectivity index is 1.77. The number of hydrogen-bond donors (Lipinski definition) is 0. The van der Waals surface area contributed by atoms with Gasteiger partial charge in [-0.1, -0.05) is 71.7 Å². The SMILES string of the molecule is COc1ccc(N(C(=O)c2ccc(-c3ccccc3)cc2)c2c(Cl)cccc2Cl)cc1. The number of halogens is 2. The quantitative estimate of drug-likeness (QED) is 0.314. The van der Waals surface area contributed by atoms with Crippen LogP contribution in [0.3, 0.4) is 0 Å². The molecule has 4 aromatic rings. The standard InChI is InChI=1S/C26H19Cl2NO2/c1-31-22-16-14-21(15-17-22)29(25-23(27)8-5-9-24(25)28)26(30)20-12-10-19(11-13-20)18-6-3-2-4-7-18/h2-17H,1H3. The number of rotatable bonds is 5. The van der Waals surface area contributed by atoms with Crippen LogP contribution in [-0.4, -0.2) is 13.0 Å². The highest BCUT2D eigenvalue weighted by Crippen LogP contribution is 2.39. The molecule has 0 unspecified atom stereocenters. The summed E-state index contributed by atoms with van der Waals surface area (Å²) in [5.41, 5.74) is 3.71. The minimum absolute atomic E-state index is 0.236. The van der Waals surface area contributed by atoms with Gasteiger partial charge in [0.15, 0.2) is 0 Å². The molecule has 1 amide bonds. The van der Waals surface area contributed by atoms with Gasteiger partial charge in [-0.25, -0.2) is 0 Å². The molecule has 4 rings (SSSR count). The zero-order chi connectivity index (χ0) is 21.8. The van der Waals surface area contributed by atoms with Gasteiger partial charge in [-0.05, 0) is 59.7 Å². The summed E-state index contributed by atoms with van der Waals surface area (Å²) in [4.78, 5) is 15.2. The van der Waals surface area contributed by atoms with E-state index in [0.29, 0.717) is 32.7 Å². The van der Waals surface area contributed by atoms with Crippen molar-refractivity contribution in [3.8, 4) is 16.9 Å². The number of carbonyl (C=O) groups excluding carboxylic acids is 1. The summed E-state index contributed by atoms with van der Waals surface area (Å²) in [7, 11) is 1.59. The van der Waals surface area contributed by atoms with E-state index < -0.39 is 0 Å². The Morgan fingerprint density at radius 3 is 1.87 bits per heavy atom. The van der Waals surface area contributed by atoms with E-state index in [4.69, 9.17) is 27.9 Å². The van der Waals surface area contributed by atoms with Gasteiger partial charge in [0.2, 0.25) is 0 Å². The maximum atomic E-state index is 13.6. The first-order valence-electron chi connectivity index (χ1n) is 9.66. The summed E-state index contributed by atoms with van der Waals surface area (Å²) in [6, 6.07) is 29.9. The van der Waals surface area contributed by atoms with Crippen molar-refractivity contribution in [2.24, 2.45) is 0 Å². The summed E-state index contributed by atoms with van der Waals surface area (Å²) >= 11 is 12.9. The Morgan fingerprint density at radius 2 is 1.29 bits per heavy atom. The molecule has 3 nitrogen and oxygen atoms in total. The number of benzene rings is 4. The van der Waals surface area contributed by atoms with Gasteiger partial charge in [0, 0.05) is 11.3 Å². The molecule has 0 atom stereocenters. The van der Waals surface area contributed by atoms with Gasteiger partial charge in [-0.3, -0.25) is 9.69 Å². The molecule has 31 heavy (non-hydrogen) atoms. The summed E-state index contributed by atoms with van der Waals surface area (Å²) in [6.07, 6.45) is 0. The van der Waals surface area contributed by atoms with E-state index >= 15 is 0 Å². The summed E-state index contributed by atoms with van der Waals surface area (Å²) in [5, 5.41) is 0.773. The molecule has 4 aromatic carbocycles. The van der Waals surface area contributed by atoms with E-state index in [0.717, 1.165) is 11.1 Å². The van der Waals surface area contributed by atoms with E-state index in [1.807, 2.05) is 54.6 Å². The molecule has 0 spiro atoms. The predicted molar refractivity (Wildman–Crippen MR) is 128 cm³/mol. The van der Waals surface area contributed by atoms with Crippen molar-refractivity contribution in [1.29, 1.82) is 0 Å². The number of amides is 1. The molecule has 0 radical (unpaired) electrons. The Hall–Kier alpha value is -3.27. The van der Waals surface area contributed by atoms with Crippen LogP contribution in [0.2, 0.25) is 10.0 Å². The second-order valence-corrected chi connectivity index (χ2v) is 7.67. The first-order valence-corrected chi connectivity index (χ1v) is 10.4. The first kappa shape index (κ1) is 21.0. The number of methoxy groups -OCH3 is 1. The topological polar surface area (TPSA) is 29.5 Å². The fourth-order valence-corrected chi connectivity index (χ4v) is 3.91. The average molecular weight is 448 g/mol. The van der Waals surface area contributed by atoms with Crippen LogP contribution in [0.1, 0.15) is 10.4 Å². The first-order chi connectivity index (χ1) is 15.1. The molecular formula is C26H19Cl2NO2. The van der Waals surface area contributed by atoms with Crippen molar-refractivity contribution in [1.82, 2.24) is 0 Å².